The zero-order valence-corrected chi connectivity index (χ0v) is 11.3. The molecule has 0 atom stereocenters. The van der Waals surface area contributed by atoms with Crippen molar-refractivity contribution in [2.75, 3.05) is 7.11 Å². The first-order valence-corrected chi connectivity index (χ1v) is 6.30. The van der Waals surface area contributed by atoms with E-state index in [4.69, 9.17) is 4.74 Å². The molecular formula is C15H12N4O2. The van der Waals surface area contributed by atoms with E-state index in [-0.39, 0.29) is 5.69 Å². The van der Waals surface area contributed by atoms with Gasteiger partial charge in [-0.3, -0.25) is 9.78 Å². The summed E-state index contributed by atoms with van der Waals surface area (Å²) in [5.74, 6) is 0.644. The van der Waals surface area contributed by atoms with Gasteiger partial charge in [0.1, 0.15) is 17.1 Å². The molecule has 21 heavy (non-hydrogen) atoms. The minimum absolute atomic E-state index is 0.258. The number of methoxy groups -OCH3 is 1. The molecule has 0 bridgehead atoms. The van der Waals surface area contributed by atoms with E-state index >= 15 is 0 Å². The number of carbonyl (C=O) groups is 1. The summed E-state index contributed by atoms with van der Waals surface area (Å²) < 4.78 is 6.92. The minimum atomic E-state index is 0.258. The van der Waals surface area contributed by atoms with Crippen molar-refractivity contribution in [1.29, 1.82) is 0 Å². The van der Waals surface area contributed by atoms with Crippen molar-refractivity contribution >= 4 is 6.29 Å². The summed E-state index contributed by atoms with van der Waals surface area (Å²) in [6, 6.07) is 11.1. The number of hydrogen-bond donors (Lipinski definition) is 0. The second-order valence-corrected chi connectivity index (χ2v) is 4.27. The molecule has 0 unspecified atom stereocenters. The van der Waals surface area contributed by atoms with Crippen molar-refractivity contribution in [2.45, 2.75) is 0 Å². The van der Waals surface area contributed by atoms with E-state index in [2.05, 4.69) is 15.3 Å². The SMILES string of the molecule is COc1ccccc1-n1nnc(C=O)c1-c1cccnc1. The van der Waals surface area contributed by atoms with Gasteiger partial charge in [-0.2, -0.15) is 0 Å². The van der Waals surface area contributed by atoms with Crippen LogP contribution in [-0.2, 0) is 0 Å². The largest absolute Gasteiger partial charge is 0.494 e. The first-order valence-electron chi connectivity index (χ1n) is 6.30. The molecule has 3 aromatic rings. The number of benzene rings is 1. The molecule has 0 aliphatic heterocycles. The molecule has 0 saturated carbocycles. The lowest BCUT2D eigenvalue weighted by atomic mass is 10.1. The molecule has 0 spiro atoms. The van der Waals surface area contributed by atoms with Crippen molar-refractivity contribution in [3.63, 3.8) is 0 Å². The van der Waals surface area contributed by atoms with Crippen LogP contribution in [0.5, 0.6) is 5.75 Å². The quantitative estimate of drug-likeness (QED) is 0.685. The fourth-order valence-electron chi connectivity index (χ4n) is 2.12. The van der Waals surface area contributed by atoms with Crippen LogP contribution >= 0.6 is 0 Å². The first kappa shape index (κ1) is 13.0. The molecule has 0 fully saturated rings. The van der Waals surface area contributed by atoms with Gasteiger partial charge in [0.25, 0.3) is 0 Å². The highest BCUT2D eigenvalue weighted by molar-refractivity contribution is 5.83. The molecule has 0 aliphatic carbocycles. The predicted octanol–water partition coefficient (Wildman–Crippen LogP) is 2.15. The van der Waals surface area contributed by atoms with Gasteiger partial charge in [-0.25, -0.2) is 4.68 Å². The Hall–Kier alpha value is -3.02. The number of aromatic nitrogens is 4. The molecule has 6 heteroatoms. The molecule has 1 aromatic carbocycles. The summed E-state index contributed by atoms with van der Waals surface area (Å²) in [4.78, 5) is 15.3. The lowest BCUT2D eigenvalue weighted by Gasteiger charge is -2.10. The lowest BCUT2D eigenvalue weighted by Crippen LogP contribution is -2.02. The highest BCUT2D eigenvalue weighted by Gasteiger charge is 2.18. The maximum Gasteiger partial charge on any atom is 0.172 e. The molecule has 0 radical (unpaired) electrons. The van der Waals surface area contributed by atoms with Crippen LogP contribution in [0.25, 0.3) is 16.9 Å². The van der Waals surface area contributed by atoms with Crippen LogP contribution in [-0.4, -0.2) is 33.4 Å². The molecular weight excluding hydrogens is 268 g/mol. The zero-order valence-electron chi connectivity index (χ0n) is 11.3. The number of ether oxygens (including phenoxy) is 1. The van der Waals surface area contributed by atoms with Crippen LogP contribution in [0.3, 0.4) is 0 Å². The number of nitrogens with zero attached hydrogens (tertiary/aromatic N) is 4. The predicted molar refractivity (Wildman–Crippen MR) is 76.5 cm³/mol. The van der Waals surface area contributed by atoms with E-state index in [1.165, 1.54) is 0 Å². The van der Waals surface area contributed by atoms with Crippen LogP contribution in [0, 0.1) is 0 Å². The van der Waals surface area contributed by atoms with Gasteiger partial charge in [0.15, 0.2) is 12.0 Å². The van der Waals surface area contributed by atoms with E-state index in [1.54, 1.807) is 30.3 Å². The van der Waals surface area contributed by atoms with Crippen molar-refractivity contribution in [3.05, 3.63) is 54.5 Å². The van der Waals surface area contributed by atoms with Gasteiger partial charge in [-0.15, -0.1) is 5.10 Å². The van der Waals surface area contributed by atoms with Gasteiger partial charge in [0.05, 0.1) is 7.11 Å². The molecule has 2 heterocycles. The summed E-state index contributed by atoms with van der Waals surface area (Å²) in [6.07, 6.45) is 4.01. The van der Waals surface area contributed by atoms with E-state index in [1.807, 2.05) is 30.3 Å². The number of rotatable bonds is 4. The third-order valence-electron chi connectivity index (χ3n) is 3.06. The summed E-state index contributed by atoms with van der Waals surface area (Å²) in [5, 5.41) is 7.99. The van der Waals surface area contributed by atoms with Crippen molar-refractivity contribution in [2.24, 2.45) is 0 Å². The molecule has 3 rings (SSSR count). The maximum absolute atomic E-state index is 11.2. The highest BCUT2D eigenvalue weighted by Crippen LogP contribution is 2.28. The average Bonchev–Trinajstić information content (AvgIpc) is 2.99. The summed E-state index contributed by atoms with van der Waals surface area (Å²) in [5.41, 5.74) is 2.31. The standard InChI is InChI=1S/C15H12N4O2/c1-21-14-7-3-2-6-13(14)19-15(12(10-20)17-18-19)11-5-4-8-16-9-11/h2-10H,1H3. The van der Waals surface area contributed by atoms with Crippen LogP contribution in [0.1, 0.15) is 10.5 Å². The van der Waals surface area contributed by atoms with E-state index in [0.29, 0.717) is 23.4 Å². The Bertz CT molecular complexity index is 768. The second kappa shape index (κ2) is 5.54. The first-order chi connectivity index (χ1) is 10.3. The number of carbonyl (C=O) groups excluding carboxylic acids is 1. The van der Waals surface area contributed by atoms with Gasteiger partial charge in [0, 0.05) is 18.0 Å². The van der Waals surface area contributed by atoms with Gasteiger partial charge in [-0.1, -0.05) is 17.3 Å². The smallest absolute Gasteiger partial charge is 0.172 e. The Labute approximate surface area is 121 Å². The zero-order chi connectivity index (χ0) is 14.7. The lowest BCUT2D eigenvalue weighted by molar-refractivity contribution is 0.111. The third kappa shape index (κ3) is 2.27. The molecule has 0 saturated heterocycles. The topological polar surface area (TPSA) is 69.9 Å². The van der Waals surface area contributed by atoms with Crippen LogP contribution in [0.4, 0.5) is 0 Å². The van der Waals surface area contributed by atoms with Crippen molar-refractivity contribution < 1.29 is 9.53 Å². The van der Waals surface area contributed by atoms with Gasteiger partial charge >= 0.3 is 0 Å². The van der Waals surface area contributed by atoms with Crippen LogP contribution in [0.2, 0.25) is 0 Å². The molecule has 104 valence electrons. The normalized spacial score (nSPS) is 10.3. The molecule has 0 amide bonds. The fourth-order valence-corrected chi connectivity index (χ4v) is 2.12. The minimum Gasteiger partial charge on any atom is -0.494 e. The molecule has 0 N–H and O–H groups in total. The van der Waals surface area contributed by atoms with Gasteiger partial charge in [-0.05, 0) is 24.3 Å². The van der Waals surface area contributed by atoms with Crippen molar-refractivity contribution in [3.8, 4) is 22.7 Å². The summed E-state index contributed by atoms with van der Waals surface area (Å²) in [6.45, 7) is 0. The van der Waals surface area contributed by atoms with E-state index in [9.17, 15) is 4.79 Å². The Morgan fingerprint density at radius 1 is 1.19 bits per heavy atom. The Kier molecular flexibility index (Phi) is 3.42. The van der Waals surface area contributed by atoms with Gasteiger partial charge < -0.3 is 4.74 Å². The van der Waals surface area contributed by atoms with Crippen LogP contribution < -0.4 is 4.74 Å². The summed E-state index contributed by atoms with van der Waals surface area (Å²) in [7, 11) is 1.58. The number of aldehydes is 1. The molecule has 6 nitrogen and oxygen atoms in total. The number of hydrogen-bond acceptors (Lipinski definition) is 5. The van der Waals surface area contributed by atoms with Crippen LogP contribution in [0.15, 0.2) is 48.8 Å². The second-order valence-electron chi connectivity index (χ2n) is 4.27. The third-order valence-corrected chi connectivity index (χ3v) is 3.06. The monoisotopic (exact) mass is 280 g/mol. The fraction of sp³-hybridized carbons (Fsp3) is 0.0667. The average molecular weight is 280 g/mol. The Morgan fingerprint density at radius 3 is 2.76 bits per heavy atom. The van der Waals surface area contributed by atoms with Crippen molar-refractivity contribution in [1.82, 2.24) is 20.0 Å². The highest BCUT2D eigenvalue weighted by atomic mass is 16.5. The molecule has 0 aliphatic rings. The van der Waals surface area contributed by atoms with E-state index < -0.39 is 0 Å². The summed E-state index contributed by atoms with van der Waals surface area (Å²) >= 11 is 0. The Morgan fingerprint density at radius 2 is 2.05 bits per heavy atom. The molecule has 2 aromatic heterocycles. The number of para-hydroxylation sites is 2. The number of pyridine rings is 1. The Balaban J connectivity index is 2.25. The van der Waals surface area contributed by atoms with Gasteiger partial charge in [0.2, 0.25) is 0 Å². The van der Waals surface area contributed by atoms with E-state index in [0.717, 1.165) is 5.56 Å². The maximum atomic E-state index is 11.2.